The molecule has 1 N–H and O–H groups in total. The van der Waals surface area contributed by atoms with Crippen molar-refractivity contribution in [2.45, 2.75) is 33.1 Å². The Labute approximate surface area is 85.1 Å². The van der Waals surface area contributed by atoms with Gasteiger partial charge in [-0.15, -0.1) is 0 Å². The van der Waals surface area contributed by atoms with E-state index in [0.717, 1.165) is 25.4 Å². The summed E-state index contributed by atoms with van der Waals surface area (Å²) in [6.45, 7) is 6.46. The van der Waals surface area contributed by atoms with Crippen molar-refractivity contribution in [3.8, 4) is 0 Å². The number of hydrogen-bond donors (Lipinski definition) is 1. The first kappa shape index (κ1) is 11.2. The zero-order chi connectivity index (χ0) is 10.2. The zero-order valence-electron chi connectivity index (χ0n) is 8.99. The molecule has 4 heteroatoms. The molecular formula is C10H19N3O. The predicted octanol–water partition coefficient (Wildman–Crippen LogP) is 1.64. The van der Waals surface area contributed by atoms with Gasteiger partial charge in [-0.05, 0) is 12.5 Å². The molecule has 14 heavy (non-hydrogen) atoms. The lowest BCUT2D eigenvalue weighted by Crippen LogP contribution is -2.24. The van der Waals surface area contributed by atoms with Gasteiger partial charge in [-0.2, -0.15) is 4.98 Å². The van der Waals surface area contributed by atoms with E-state index >= 15 is 0 Å². The maximum atomic E-state index is 4.89. The Hall–Kier alpha value is -0.900. The van der Waals surface area contributed by atoms with Crippen molar-refractivity contribution in [3.05, 3.63) is 12.2 Å². The summed E-state index contributed by atoms with van der Waals surface area (Å²) in [5, 5.41) is 6.95. The van der Waals surface area contributed by atoms with Gasteiger partial charge in [-0.25, -0.2) is 0 Å². The van der Waals surface area contributed by atoms with Crippen molar-refractivity contribution < 1.29 is 4.52 Å². The first-order chi connectivity index (χ1) is 6.86. The van der Waals surface area contributed by atoms with Crippen molar-refractivity contribution in [3.63, 3.8) is 0 Å². The summed E-state index contributed by atoms with van der Waals surface area (Å²) in [6, 6.07) is 0. The predicted molar refractivity (Wildman–Crippen MR) is 54.9 cm³/mol. The van der Waals surface area contributed by atoms with Crippen molar-refractivity contribution >= 4 is 0 Å². The molecule has 0 aromatic carbocycles. The average Bonchev–Trinajstić information content (AvgIpc) is 2.71. The van der Waals surface area contributed by atoms with Gasteiger partial charge in [0.1, 0.15) is 0 Å². The van der Waals surface area contributed by atoms with Crippen LogP contribution in [0.25, 0.3) is 0 Å². The van der Waals surface area contributed by atoms with E-state index in [2.05, 4.69) is 29.3 Å². The van der Waals surface area contributed by atoms with Crippen LogP contribution in [0, 0.1) is 5.92 Å². The minimum absolute atomic E-state index is 0.710. The van der Waals surface area contributed by atoms with Crippen molar-refractivity contribution in [1.29, 1.82) is 0 Å². The lowest BCUT2D eigenvalue weighted by molar-refractivity contribution is 0.370. The standard InChI is InChI=1S/C10H19N3O/c1-3-9(4-2)7-11-6-5-10-12-8-13-14-10/h8-9,11H,3-7H2,1-2H3. The van der Waals surface area contributed by atoms with Crippen LogP contribution in [0.2, 0.25) is 0 Å². The second-order valence-corrected chi connectivity index (χ2v) is 3.47. The molecule has 0 atom stereocenters. The maximum Gasteiger partial charge on any atom is 0.227 e. The van der Waals surface area contributed by atoms with Crippen LogP contribution >= 0.6 is 0 Å². The smallest absolute Gasteiger partial charge is 0.227 e. The lowest BCUT2D eigenvalue weighted by atomic mass is 10.0. The maximum absolute atomic E-state index is 4.89. The molecular weight excluding hydrogens is 178 g/mol. The molecule has 0 fully saturated rings. The Morgan fingerprint density at radius 3 is 2.79 bits per heavy atom. The molecule has 0 aliphatic rings. The molecule has 0 aliphatic heterocycles. The molecule has 4 nitrogen and oxygen atoms in total. The van der Waals surface area contributed by atoms with E-state index in [1.807, 2.05) is 0 Å². The van der Waals surface area contributed by atoms with Crippen LogP contribution < -0.4 is 5.32 Å². The van der Waals surface area contributed by atoms with Gasteiger partial charge in [0.25, 0.3) is 0 Å². The normalized spacial score (nSPS) is 11.1. The number of nitrogens with one attached hydrogen (secondary N) is 1. The molecule has 0 saturated carbocycles. The third-order valence-electron chi connectivity index (χ3n) is 2.51. The highest BCUT2D eigenvalue weighted by Gasteiger charge is 2.03. The summed E-state index contributed by atoms with van der Waals surface area (Å²) < 4.78 is 4.89. The van der Waals surface area contributed by atoms with Crippen LogP contribution in [0.1, 0.15) is 32.6 Å². The van der Waals surface area contributed by atoms with Gasteiger partial charge in [0.15, 0.2) is 6.33 Å². The third kappa shape index (κ3) is 3.87. The van der Waals surface area contributed by atoms with Crippen LogP contribution in [-0.2, 0) is 6.42 Å². The summed E-state index contributed by atoms with van der Waals surface area (Å²) in [6.07, 6.45) is 4.74. The van der Waals surface area contributed by atoms with E-state index < -0.39 is 0 Å². The second kappa shape index (κ2) is 6.54. The topological polar surface area (TPSA) is 51.0 Å². The van der Waals surface area contributed by atoms with Gasteiger partial charge < -0.3 is 9.84 Å². The Balaban J connectivity index is 2.04. The molecule has 0 saturated heterocycles. The van der Waals surface area contributed by atoms with E-state index in [-0.39, 0.29) is 0 Å². The van der Waals surface area contributed by atoms with Gasteiger partial charge in [0.2, 0.25) is 5.89 Å². The fourth-order valence-corrected chi connectivity index (χ4v) is 1.38. The molecule has 0 radical (unpaired) electrons. The lowest BCUT2D eigenvalue weighted by Gasteiger charge is -2.12. The average molecular weight is 197 g/mol. The van der Waals surface area contributed by atoms with Gasteiger partial charge in [-0.3, -0.25) is 0 Å². The van der Waals surface area contributed by atoms with Crippen molar-refractivity contribution in [2.24, 2.45) is 5.92 Å². The molecule has 1 rings (SSSR count). The minimum atomic E-state index is 0.710. The highest BCUT2D eigenvalue weighted by Crippen LogP contribution is 2.04. The van der Waals surface area contributed by atoms with Crippen molar-refractivity contribution in [1.82, 2.24) is 15.5 Å². The fraction of sp³-hybridized carbons (Fsp3) is 0.800. The molecule has 0 unspecified atom stereocenters. The van der Waals surface area contributed by atoms with E-state index in [1.54, 1.807) is 0 Å². The van der Waals surface area contributed by atoms with E-state index in [0.29, 0.717) is 5.89 Å². The van der Waals surface area contributed by atoms with Crippen LogP contribution in [0.4, 0.5) is 0 Å². The van der Waals surface area contributed by atoms with E-state index in [1.165, 1.54) is 19.2 Å². The Morgan fingerprint density at radius 2 is 2.21 bits per heavy atom. The molecule has 0 aliphatic carbocycles. The molecule has 1 aromatic rings. The van der Waals surface area contributed by atoms with E-state index in [9.17, 15) is 0 Å². The number of hydrogen-bond acceptors (Lipinski definition) is 4. The van der Waals surface area contributed by atoms with Crippen LogP contribution in [-0.4, -0.2) is 23.2 Å². The molecule has 1 heterocycles. The number of aromatic nitrogens is 2. The quantitative estimate of drug-likeness (QED) is 0.675. The summed E-state index contributed by atoms with van der Waals surface area (Å²) in [4.78, 5) is 3.96. The summed E-state index contributed by atoms with van der Waals surface area (Å²) >= 11 is 0. The van der Waals surface area contributed by atoms with E-state index in [4.69, 9.17) is 4.52 Å². The summed E-state index contributed by atoms with van der Waals surface area (Å²) in [5.74, 6) is 1.50. The Morgan fingerprint density at radius 1 is 1.43 bits per heavy atom. The fourth-order valence-electron chi connectivity index (χ4n) is 1.38. The molecule has 80 valence electrons. The molecule has 0 amide bonds. The first-order valence-corrected chi connectivity index (χ1v) is 5.33. The van der Waals surface area contributed by atoms with Gasteiger partial charge in [0.05, 0.1) is 0 Å². The van der Waals surface area contributed by atoms with Gasteiger partial charge in [-0.1, -0.05) is 31.8 Å². The third-order valence-corrected chi connectivity index (χ3v) is 2.51. The largest absolute Gasteiger partial charge is 0.340 e. The van der Waals surface area contributed by atoms with Crippen LogP contribution in [0.5, 0.6) is 0 Å². The number of nitrogens with zero attached hydrogens (tertiary/aromatic N) is 2. The molecule has 1 aromatic heterocycles. The SMILES string of the molecule is CCC(CC)CNCCc1ncno1. The Kier molecular flexibility index (Phi) is 5.22. The summed E-state index contributed by atoms with van der Waals surface area (Å²) in [7, 11) is 0. The zero-order valence-corrected chi connectivity index (χ0v) is 8.99. The first-order valence-electron chi connectivity index (χ1n) is 5.33. The van der Waals surface area contributed by atoms with Crippen molar-refractivity contribution in [2.75, 3.05) is 13.1 Å². The van der Waals surface area contributed by atoms with Gasteiger partial charge in [0, 0.05) is 13.0 Å². The van der Waals surface area contributed by atoms with Gasteiger partial charge >= 0.3 is 0 Å². The Bertz CT molecular complexity index is 219. The molecule has 0 bridgehead atoms. The highest BCUT2D eigenvalue weighted by atomic mass is 16.5. The second-order valence-electron chi connectivity index (χ2n) is 3.47. The summed E-state index contributed by atoms with van der Waals surface area (Å²) in [5.41, 5.74) is 0. The highest BCUT2D eigenvalue weighted by molar-refractivity contribution is 4.75. The van der Waals surface area contributed by atoms with Crippen LogP contribution in [0.15, 0.2) is 10.9 Å². The number of rotatable bonds is 7. The minimum Gasteiger partial charge on any atom is -0.340 e. The monoisotopic (exact) mass is 197 g/mol. The van der Waals surface area contributed by atoms with Crippen LogP contribution in [0.3, 0.4) is 0 Å². The molecule has 0 spiro atoms.